The van der Waals surface area contributed by atoms with E-state index in [2.05, 4.69) is 17.4 Å². The van der Waals surface area contributed by atoms with E-state index in [0.717, 1.165) is 11.1 Å². The predicted octanol–water partition coefficient (Wildman–Crippen LogP) is 1.65. The fraction of sp³-hybridized carbons (Fsp3) is 0.409. The molecule has 1 amide bonds. The summed E-state index contributed by atoms with van der Waals surface area (Å²) in [4.78, 5) is 14.1. The van der Waals surface area contributed by atoms with Gasteiger partial charge in [0, 0.05) is 26.2 Å². The van der Waals surface area contributed by atoms with Crippen LogP contribution in [0.15, 0.2) is 54.6 Å². The third-order valence-corrected chi connectivity index (χ3v) is 5.26. The van der Waals surface area contributed by atoms with Gasteiger partial charge in [0.25, 0.3) is 0 Å². The van der Waals surface area contributed by atoms with Crippen LogP contribution in [0.25, 0.3) is 0 Å². The lowest BCUT2D eigenvalue weighted by molar-refractivity contribution is -0.148. The molecule has 0 saturated carbocycles. The smallest absolute Gasteiger partial charge is 0.227 e. The average Bonchev–Trinajstić information content (AvgIpc) is 2.66. The lowest BCUT2D eigenvalue weighted by Gasteiger charge is -2.42. The molecule has 1 heterocycles. The zero-order valence-corrected chi connectivity index (χ0v) is 15.8. The lowest BCUT2D eigenvalue weighted by Crippen LogP contribution is -2.60. The standard InChI is InChI=1S/C22H28N2O3/c1-17-7-9-19(10-8-17)14-23-16-22(27)11-12-24(15-20(22)25)21(26)13-18-5-3-2-4-6-18/h2-10,20,23,25,27H,11-16H2,1H3/t20-,22-/m0/s1. The Bertz CT molecular complexity index is 748. The van der Waals surface area contributed by atoms with Crippen LogP contribution in [0, 0.1) is 6.92 Å². The number of nitrogens with zero attached hydrogens (tertiary/aromatic N) is 1. The molecule has 0 unspecified atom stereocenters. The number of carbonyl (C=O) groups excluding carboxylic acids is 1. The number of hydrogen-bond donors (Lipinski definition) is 3. The molecule has 5 nitrogen and oxygen atoms in total. The number of aryl methyl sites for hydroxylation is 1. The zero-order chi connectivity index (χ0) is 19.3. The molecule has 1 aliphatic rings. The van der Waals surface area contributed by atoms with Gasteiger partial charge in [-0.1, -0.05) is 60.2 Å². The Labute approximate surface area is 160 Å². The van der Waals surface area contributed by atoms with Crippen LogP contribution in [0.3, 0.4) is 0 Å². The quantitative estimate of drug-likeness (QED) is 0.725. The minimum Gasteiger partial charge on any atom is -0.388 e. The van der Waals surface area contributed by atoms with E-state index in [1.54, 1.807) is 4.90 Å². The molecule has 1 fully saturated rings. The maximum Gasteiger partial charge on any atom is 0.227 e. The van der Waals surface area contributed by atoms with E-state index < -0.39 is 11.7 Å². The highest BCUT2D eigenvalue weighted by molar-refractivity contribution is 5.79. The summed E-state index contributed by atoms with van der Waals surface area (Å²) in [7, 11) is 0. The number of aliphatic hydroxyl groups is 2. The first-order valence-electron chi connectivity index (χ1n) is 9.45. The van der Waals surface area contributed by atoms with Crippen LogP contribution in [-0.4, -0.2) is 52.4 Å². The van der Waals surface area contributed by atoms with Crippen molar-refractivity contribution < 1.29 is 15.0 Å². The van der Waals surface area contributed by atoms with Crippen molar-refractivity contribution in [2.75, 3.05) is 19.6 Å². The van der Waals surface area contributed by atoms with E-state index >= 15 is 0 Å². The van der Waals surface area contributed by atoms with Gasteiger partial charge in [-0.25, -0.2) is 0 Å². The van der Waals surface area contributed by atoms with Crippen LogP contribution in [-0.2, 0) is 17.8 Å². The Kier molecular flexibility index (Phi) is 6.26. The number of hydrogen-bond acceptors (Lipinski definition) is 4. The Morgan fingerprint density at radius 2 is 1.85 bits per heavy atom. The van der Waals surface area contributed by atoms with Gasteiger partial charge in [0.1, 0.15) is 11.7 Å². The number of β-amino-alcohol motifs (C(OH)–C–C–N with tert-alkyl or cyclic N) is 1. The molecule has 0 radical (unpaired) electrons. The van der Waals surface area contributed by atoms with Crippen LogP contribution >= 0.6 is 0 Å². The number of benzene rings is 2. The van der Waals surface area contributed by atoms with E-state index in [1.807, 2.05) is 49.4 Å². The first kappa shape index (κ1) is 19.5. The van der Waals surface area contributed by atoms with Gasteiger partial charge in [0.15, 0.2) is 0 Å². The highest BCUT2D eigenvalue weighted by Gasteiger charge is 2.41. The van der Waals surface area contributed by atoms with E-state index in [-0.39, 0.29) is 12.5 Å². The largest absolute Gasteiger partial charge is 0.388 e. The van der Waals surface area contributed by atoms with Crippen molar-refractivity contribution in [3.63, 3.8) is 0 Å². The third-order valence-electron chi connectivity index (χ3n) is 5.26. The maximum absolute atomic E-state index is 12.5. The Balaban J connectivity index is 1.49. The zero-order valence-electron chi connectivity index (χ0n) is 15.8. The second kappa shape index (κ2) is 8.65. The molecule has 0 spiro atoms. The summed E-state index contributed by atoms with van der Waals surface area (Å²) in [6.07, 6.45) is -0.288. The molecule has 1 saturated heterocycles. The van der Waals surface area contributed by atoms with Crippen LogP contribution < -0.4 is 5.32 Å². The maximum atomic E-state index is 12.5. The number of carbonyl (C=O) groups is 1. The van der Waals surface area contributed by atoms with Gasteiger partial charge in [-0.3, -0.25) is 4.79 Å². The SMILES string of the molecule is Cc1ccc(CNC[C@@]2(O)CCN(C(=O)Cc3ccccc3)C[C@@H]2O)cc1. The molecule has 2 atom stereocenters. The van der Waals surface area contributed by atoms with Crippen molar-refractivity contribution in [2.45, 2.75) is 38.0 Å². The van der Waals surface area contributed by atoms with Gasteiger partial charge in [-0.15, -0.1) is 0 Å². The topological polar surface area (TPSA) is 72.8 Å². The second-order valence-electron chi connectivity index (χ2n) is 7.46. The summed E-state index contributed by atoms with van der Waals surface area (Å²) in [5.74, 6) is -0.0186. The van der Waals surface area contributed by atoms with E-state index in [9.17, 15) is 15.0 Å². The summed E-state index contributed by atoms with van der Waals surface area (Å²) in [5, 5.41) is 24.5. The summed E-state index contributed by atoms with van der Waals surface area (Å²) in [6, 6.07) is 17.8. The molecule has 0 bridgehead atoms. The molecule has 27 heavy (non-hydrogen) atoms. The van der Waals surface area contributed by atoms with E-state index in [1.165, 1.54) is 5.56 Å². The Morgan fingerprint density at radius 3 is 2.52 bits per heavy atom. The summed E-state index contributed by atoms with van der Waals surface area (Å²) in [5.41, 5.74) is 2.08. The minimum atomic E-state index is -1.21. The summed E-state index contributed by atoms with van der Waals surface area (Å²) < 4.78 is 0. The fourth-order valence-corrected chi connectivity index (χ4v) is 3.41. The van der Waals surface area contributed by atoms with Crippen LogP contribution in [0.1, 0.15) is 23.1 Å². The normalized spacial score (nSPS) is 22.6. The molecule has 1 aliphatic heterocycles. The molecule has 2 aromatic rings. The lowest BCUT2D eigenvalue weighted by atomic mass is 9.88. The van der Waals surface area contributed by atoms with Gasteiger partial charge in [-0.05, 0) is 24.5 Å². The highest BCUT2D eigenvalue weighted by atomic mass is 16.3. The molecule has 5 heteroatoms. The molecule has 0 aliphatic carbocycles. The number of rotatable bonds is 6. The van der Waals surface area contributed by atoms with Gasteiger partial charge >= 0.3 is 0 Å². The van der Waals surface area contributed by atoms with Crippen LogP contribution in [0.4, 0.5) is 0 Å². The van der Waals surface area contributed by atoms with Crippen molar-refractivity contribution in [1.29, 1.82) is 0 Å². The van der Waals surface area contributed by atoms with Crippen molar-refractivity contribution in [2.24, 2.45) is 0 Å². The van der Waals surface area contributed by atoms with E-state index in [0.29, 0.717) is 32.5 Å². The number of piperidine rings is 1. The molecule has 2 aromatic carbocycles. The van der Waals surface area contributed by atoms with Crippen LogP contribution in [0.2, 0.25) is 0 Å². The summed E-state index contributed by atoms with van der Waals surface area (Å²) >= 11 is 0. The second-order valence-corrected chi connectivity index (χ2v) is 7.46. The van der Waals surface area contributed by atoms with Gasteiger partial charge < -0.3 is 20.4 Å². The number of amides is 1. The number of aliphatic hydroxyl groups excluding tert-OH is 1. The first-order chi connectivity index (χ1) is 13.0. The minimum absolute atomic E-state index is 0.0186. The number of nitrogens with one attached hydrogen (secondary N) is 1. The van der Waals surface area contributed by atoms with Crippen molar-refractivity contribution in [3.8, 4) is 0 Å². The first-order valence-corrected chi connectivity index (χ1v) is 9.45. The van der Waals surface area contributed by atoms with Gasteiger partial charge in [0.05, 0.1) is 6.42 Å². The molecule has 3 rings (SSSR count). The van der Waals surface area contributed by atoms with Crippen molar-refractivity contribution in [3.05, 3.63) is 71.3 Å². The fourth-order valence-electron chi connectivity index (χ4n) is 3.41. The molecule has 0 aromatic heterocycles. The number of likely N-dealkylation sites (tertiary alicyclic amines) is 1. The third kappa shape index (κ3) is 5.16. The van der Waals surface area contributed by atoms with Gasteiger partial charge in [0.2, 0.25) is 5.91 Å². The Morgan fingerprint density at radius 1 is 1.15 bits per heavy atom. The van der Waals surface area contributed by atoms with Crippen LogP contribution in [0.5, 0.6) is 0 Å². The summed E-state index contributed by atoms with van der Waals surface area (Å²) in [6.45, 7) is 3.58. The van der Waals surface area contributed by atoms with Crippen molar-refractivity contribution >= 4 is 5.91 Å². The Hall–Kier alpha value is -2.21. The highest BCUT2D eigenvalue weighted by Crippen LogP contribution is 2.23. The van der Waals surface area contributed by atoms with Gasteiger partial charge in [-0.2, -0.15) is 0 Å². The average molecular weight is 368 g/mol. The molecular formula is C22H28N2O3. The molecular weight excluding hydrogens is 340 g/mol. The van der Waals surface area contributed by atoms with Crippen molar-refractivity contribution in [1.82, 2.24) is 10.2 Å². The molecule has 144 valence electrons. The van der Waals surface area contributed by atoms with E-state index in [4.69, 9.17) is 0 Å². The predicted molar refractivity (Wildman–Crippen MR) is 105 cm³/mol. The molecule has 3 N–H and O–H groups in total. The monoisotopic (exact) mass is 368 g/mol.